The molecule has 3 rings (SSSR count). The Hall–Kier alpha value is -2.09. The van der Waals surface area contributed by atoms with E-state index in [1.165, 1.54) is 32.4 Å². The van der Waals surface area contributed by atoms with E-state index in [4.69, 9.17) is 0 Å². The highest BCUT2D eigenvalue weighted by Crippen LogP contribution is 2.11. The van der Waals surface area contributed by atoms with Gasteiger partial charge in [-0.2, -0.15) is 5.10 Å². The maximum absolute atomic E-state index is 12.5. The summed E-state index contributed by atoms with van der Waals surface area (Å²) in [5, 5.41) is 7.23. The molecule has 0 unspecified atom stereocenters. The van der Waals surface area contributed by atoms with Gasteiger partial charge in [0.05, 0.1) is 18.4 Å². The van der Waals surface area contributed by atoms with E-state index in [2.05, 4.69) is 22.2 Å². The molecule has 2 saturated heterocycles. The fourth-order valence-electron chi connectivity index (χ4n) is 3.78. The van der Waals surface area contributed by atoms with Crippen molar-refractivity contribution in [3.63, 3.8) is 0 Å². The average Bonchev–Trinajstić information content (AvgIpc) is 3.04. The molecule has 0 radical (unpaired) electrons. The highest BCUT2D eigenvalue weighted by atomic mass is 16.2. The fourth-order valence-corrected chi connectivity index (χ4v) is 3.78. The number of nitrogens with one attached hydrogen (secondary N) is 1. The van der Waals surface area contributed by atoms with Gasteiger partial charge < -0.3 is 20.0 Å². The number of amides is 3. The standard InChI is InChI=1S/C19H32N6O2/c1-2-7-23-10-6-11-24(16-18(23)26)19(27)21-17-14-20-25(15-17)13-12-22-8-4-3-5-9-22/h14-15H,2-13,16H2,1H3,(H,21,27). The minimum Gasteiger partial charge on any atom is -0.341 e. The zero-order valence-electron chi connectivity index (χ0n) is 16.4. The third kappa shape index (κ3) is 5.69. The van der Waals surface area contributed by atoms with Gasteiger partial charge in [-0.25, -0.2) is 4.79 Å². The van der Waals surface area contributed by atoms with Crippen molar-refractivity contribution in [2.45, 2.75) is 45.6 Å². The maximum atomic E-state index is 12.5. The van der Waals surface area contributed by atoms with Crippen LogP contribution < -0.4 is 5.32 Å². The number of hydrogen-bond acceptors (Lipinski definition) is 4. The van der Waals surface area contributed by atoms with Gasteiger partial charge in [0, 0.05) is 32.4 Å². The number of carbonyl (C=O) groups excluding carboxylic acids is 2. The van der Waals surface area contributed by atoms with Crippen LogP contribution in [0.15, 0.2) is 12.4 Å². The summed E-state index contributed by atoms with van der Waals surface area (Å²) in [6.07, 6.45) is 9.20. The van der Waals surface area contributed by atoms with Gasteiger partial charge >= 0.3 is 6.03 Å². The lowest BCUT2D eigenvalue weighted by atomic mass is 10.1. The number of carbonyl (C=O) groups is 2. The molecule has 0 spiro atoms. The summed E-state index contributed by atoms with van der Waals surface area (Å²) < 4.78 is 1.88. The van der Waals surface area contributed by atoms with Crippen molar-refractivity contribution in [3.8, 4) is 0 Å². The van der Waals surface area contributed by atoms with Gasteiger partial charge in [-0.05, 0) is 38.8 Å². The van der Waals surface area contributed by atoms with Crippen molar-refractivity contribution in [1.82, 2.24) is 24.5 Å². The third-order valence-corrected chi connectivity index (χ3v) is 5.29. The van der Waals surface area contributed by atoms with Crippen molar-refractivity contribution in [3.05, 3.63) is 12.4 Å². The predicted octanol–water partition coefficient (Wildman–Crippen LogP) is 1.85. The molecule has 0 aromatic carbocycles. The predicted molar refractivity (Wildman–Crippen MR) is 105 cm³/mol. The van der Waals surface area contributed by atoms with Crippen molar-refractivity contribution in [2.24, 2.45) is 0 Å². The first kappa shape index (κ1) is 19.7. The highest BCUT2D eigenvalue weighted by molar-refractivity contribution is 5.92. The molecule has 8 heteroatoms. The number of rotatable bonds is 6. The molecule has 3 amide bonds. The number of hydrogen-bond donors (Lipinski definition) is 1. The lowest BCUT2D eigenvalue weighted by molar-refractivity contribution is -0.130. The van der Waals surface area contributed by atoms with Crippen LogP contribution in [0.3, 0.4) is 0 Å². The first-order valence-electron chi connectivity index (χ1n) is 10.2. The number of nitrogens with zero attached hydrogens (tertiary/aromatic N) is 5. The van der Waals surface area contributed by atoms with Gasteiger partial charge in [0.2, 0.25) is 5.91 Å². The summed E-state index contributed by atoms with van der Waals surface area (Å²) in [6.45, 7) is 8.45. The van der Waals surface area contributed by atoms with Crippen LogP contribution in [0.4, 0.5) is 10.5 Å². The fraction of sp³-hybridized carbons (Fsp3) is 0.737. The summed E-state index contributed by atoms with van der Waals surface area (Å²) in [5.74, 6) is 0.0294. The van der Waals surface area contributed by atoms with Crippen LogP contribution >= 0.6 is 0 Å². The van der Waals surface area contributed by atoms with E-state index in [-0.39, 0.29) is 18.5 Å². The zero-order chi connectivity index (χ0) is 19.1. The number of likely N-dealkylation sites (tertiary alicyclic amines) is 1. The summed E-state index contributed by atoms with van der Waals surface area (Å²) in [7, 11) is 0. The second kappa shape index (κ2) is 9.73. The quantitative estimate of drug-likeness (QED) is 0.822. The first-order valence-corrected chi connectivity index (χ1v) is 10.2. The van der Waals surface area contributed by atoms with Crippen LogP contribution in [0.2, 0.25) is 0 Å². The van der Waals surface area contributed by atoms with Gasteiger partial charge in [0.1, 0.15) is 6.54 Å². The summed E-state index contributed by atoms with van der Waals surface area (Å²) in [6, 6.07) is -0.225. The highest BCUT2D eigenvalue weighted by Gasteiger charge is 2.24. The Morgan fingerprint density at radius 3 is 2.67 bits per heavy atom. The molecule has 27 heavy (non-hydrogen) atoms. The number of aromatic nitrogens is 2. The van der Waals surface area contributed by atoms with Crippen LogP contribution in [0.25, 0.3) is 0 Å². The van der Waals surface area contributed by atoms with Crippen molar-refractivity contribution >= 4 is 17.6 Å². The van der Waals surface area contributed by atoms with E-state index < -0.39 is 0 Å². The molecule has 2 aliphatic rings. The van der Waals surface area contributed by atoms with E-state index in [1.807, 2.05) is 15.8 Å². The van der Waals surface area contributed by atoms with E-state index in [9.17, 15) is 9.59 Å². The van der Waals surface area contributed by atoms with Crippen molar-refractivity contribution in [1.29, 1.82) is 0 Å². The maximum Gasteiger partial charge on any atom is 0.322 e. The van der Waals surface area contributed by atoms with Gasteiger partial charge in [0.25, 0.3) is 0 Å². The van der Waals surface area contributed by atoms with Crippen LogP contribution in [0.1, 0.15) is 39.0 Å². The Balaban J connectivity index is 1.47. The Kier molecular flexibility index (Phi) is 7.09. The minimum absolute atomic E-state index is 0.0294. The van der Waals surface area contributed by atoms with Crippen LogP contribution in [-0.4, -0.2) is 82.2 Å². The van der Waals surface area contributed by atoms with E-state index >= 15 is 0 Å². The monoisotopic (exact) mass is 376 g/mol. The zero-order valence-corrected chi connectivity index (χ0v) is 16.4. The number of anilines is 1. The largest absolute Gasteiger partial charge is 0.341 e. The summed E-state index contributed by atoms with van der Waals surface area (Å²) in [4.78, 5) is 30.8. The molecule has 0 bridgehead atoms. The summed E-state index contributed by atoms with van der Waals surface area (Å²) in [5.41, 5.74) is 0.681. The Morgan fingerprint density at radius 2 is 1.89 bits per heavy atom. The summed E-state index contributed by atoms with van der Waals surface area (Å²) >= 11 is 0. The molecule has 1 aromatic rings. The SMILES string of the molecule is CCCN1CCCN(C(=O)Nc2cnn(CCN3CCCCC3)c2)CC1=O. The molecule has 150 valence electrons. The lowest BCUT2D eigenvalue weighted by Gasteiger charge is -2.26. The topological polar surface area (TPSA) is 73.7 Å². The minimum atomic E-state index is -0.225. The van der Waals surface area contributed by atoms with Crippen molar-refractivity contribution < 1.29 is 9.59 Å². The van der Waals surface area contributed by atoms with Gasteiger partial charge in [0.15, 0.2) is 0 Å². The van der Waals surface area contributed by atoms with E-state index in [1.54, 1.807) is 11.1 Å². The third-order valence-electron chi connectivity index (χ3n) is 5.29. The molecule has 1 aromatic heterocycles. The smallest absolute Gasteiger partial charge is 0.322 e. The molecule has 0 saturated carbocycles. The van der Waals surface area contributed by atoms with Crippen LogP contribution in [-0.2, 0) is 11.3 Å². The Bertz CT molecular complexity index is 625. The normalized spacial score (nSPS) is 19.2. The molecule has 2 aliphatic heterocycles. The molecule has 3 heterocycles. The average molecular weight is 377 g/mol. The van der Waals surface area contributed by atoms with Gasteiger partial charge in [-0.3, -0.25) is 9.48 Å². The molecular weight excluding hydrogens is 344 g/mol. The molecule has 0 aliphatic carbocycles. The van der Waals surface area contributed by atoms with Crippen LogP contribution in [0, 0.1) is 0 Å². The second-order valence-electron chi connectivity index (χ2n) is 7.48. The molecule has 1 N–H and O–H groups in total. The molecular formula is C19H32N6O2. The Labute approximate surface area is 161 Å². The van der Waals surface area contributed by atoms with Gasteiger partial charge in [-0.15, -0.1) is 0 Å². The number of piperidine rings is 1. The van der Waals surface area contributed by atoms with E-state index in [0.717, 1.165) is 39.0 Å². The van der Waals surface area contributed by atoms with Crippen molar-refractivity contribution in [2.75, 3.05) is 51.1 Å². The molecule has 0 atom stereocenters. The van der Waals surface area contributed by atoms with E-state index in [0.29, 0.717) is 12.2 Å². The Morgan fingerprint density at radius 1 is 1.07 bits per heavy atom. The van der Waals surface area contributed by atoms with Gasteiger partial charge in [-0.1, -0.05) is 13.3 Å². The second-order valence-corrected chi connectivity index (χ2v) is 7.48. The lowest BCUT2D eigenvalue weighted by Crippen LogP contribution is -2.41. The molecule has 8 nitrogen and oxygen atoms in total. The molecule has 2 fully saturated rings. The number of urea groups is 1. The van der Waals surface area contributed by atoms with Crippen LogP contribution in [0.5, 0.6) is 0 Å². The first-order chi connectivity index (χ1) is 13.2.